The summed E-state index contributed by atoms with van der Waals surface area (Å²) in [6.45, 7) is 2.21. The fraction of sp³-hybridized carbons (Fsp3) is 0.533. The van der Waals surface area contributed by atoms with Gasteiger partial charge in [0.15, 0.2) is 0 Å². The molecule has 0 bridgehead atoms. The summed E-state index contributed by atoms with van der Waals surface area (Å²) in [5.74, 6) is 0.653. The average molecular weight is 263 g/mol. The third-order valence-corrected chi connectivity index (χ3v) is 4.29. The molecule has 1 N–H and O–H groups in total. The van der Waals surface area contributed by atoms with E-state index in [2.05, 4.69) is 24.9 Å². The van der Waals surface area contributed by atoms with Gasteiger partial charge in [0.1, 0.15) is 0 Å². The minimum atomic E-state index is 0.0194. The summed E-state index contributed by atoms with van der Waals surface area (Å²) in [7, 11) is 0. The summed E-state index contributed by atoms with van der Waals surface area (Å²) >= 11 is 4.34. The highest BCUT2D eigenvalue weighted by Crippen LogP contribution is 2.27. The van der Waals surface area contributed by atoms with E-state index in [0.717, 1.165) is 17.7 Å². The maximum Gasteiger partial charge on any atom is 0.252 e. The van der Waals surface area contributed by atoms with Crippen LogP contribution in [0.4, 0.5) is 0 Å². The highest BCUT2D eigenvalue weighted by Gasteiger charge is 2.25. The second-order valence-corrected chi connectivity index (χ2v) is 5.53. The lowest BCUT2D eigenvalue weighted by molar-refractivity contribution is 0.0902. The average Bonchev–Trinajstić information content (AvgIpc) is 2.39. The Balaban J connectivity index is 2.04. The van der Waals surface area contributed by atoms with Gasteiger partial charge in [0.25, 0.3) is 5.91 Å². The lowest BCUT2D eigenvalue weighted by Gasteiger charge is -2.31. The van der Waals surface area contributed by atoms with E-state index in [1.54, 1.807) is 0 Å². The Morgan fingerprint density at radius 3 is 2.78 bits per heavy atom. The van der Waals surface area contributed by atoms with Crippen LogP contribution >= 0.6 is 12.6 Å². The Labute approximate surface area is 115 Å². The van der Waals surface area contributed by atoms with Gasteiger partial charge in [0.05, 0.1) is 5.56 Å². The quantitative estimate of drug-likeness (QED) is 0.800. The predicted octanol–water partition coefficient (Wildman–Crippen LogP) is 3.67. The summed E-state index contributed by atoms with van der Waals surface area (Å²) in [5, 5.41) is 3.19. The van der Waals surface area contributed by atoms with Crippen molar-refractivity contribution >= 4 is 18.5 Å². The molecule has 98 valence electrons. The van der Waals surface area contributed by atoms with Crippen molar-refractivity contribution in [1.29, 1.82) is 0 Å². The zero-order valence-electron chi connectivity index (χ0n) is 10.9. The van der Waals surface area contributed by atoms with E-state index < -0.39 is 0 Å². The van der Waals surface area contributed by atoms with Gasteiger partial charge in [0, 0.05) is 10.9 Å². The fourth-order valence-electron chi connectivity index (χ4n) is 2.80. The zero-order chi connectivity index (χ0) is 13.0. The first kappa shape index (κ1) is 13.5. The summed E-state index contributed by atoms with van der Waals surface area (Å²) in [6.07, 6.45) is 6.02. The van der Waals surface area contributed by atoms with Crippen molar-refractivity contribution in [2.24, 2.45) is 5.92 Å². The number of carbonyl (C=O) groups is 1. The number of hydrogen-bond donors (Lipinski definition) is 2. The smallest absolute Gasteiger partial charge is 0.252 e. The maximum atomic E-state index is 12.2. The lowest BCUT2D eigenvalue weighted by Crippen LogP contribution is -2.42. The molecular weight excluding hydrogens is 242 g/mol. The normalized spacial score (nSPS) is 23.7. The number of hydrogen-bond acceptors (Lipinski definition) is 2. The van der Waals surface area contributed by atoms with Gasteiger partial charge in [-0.2, -0.15) is 0 Å². The van der Waals surface area contributed by atoms with Crippen LogP contribution in [0, 0.1) is 5.92 Å². The number of amides is 1. The Bertz CT molecular complexity index is 419. The van der Waals surface area contributed by atoms with Gasteiger partial charge in [0.2, 0.25) is 0 Å². The van der Waals surface area contributed by atoms with E-state index >= 15 is 0 Å². The van der Waals surface area contributed by atoms with Gasteiger partial charge in [-0.05, 0) is 30.9 Å². The van der Waals surface area contributed by atoms with E-state index in [4.69, 9.17) is 0 Å². The molecule has 1 aromatic carbocycles. The molecule has 1 aromatic rings. The standard InChI is InChI=1S/C15H21NOS/c1-2-11-7-3-5-9-13(11)16-15(17)12-8-4-6-10-14(12)18/h4,6,8,10-11,13,18H,2-3,5,7,9H2,1H3,(H,16,17). The molecule has 0 aromatic heterocycles. The molecule has 1 saturated carbocycles. The van der Waals surface area contributed by atoms with Gasteiger partial charge in [-0.1, -0.05) is 38.3 Å². The molecule has 18 heavy (non-hydrogen) atoms. The van der Waals surface area contributed by atoms with Crippen LogP contribution in [0.25, 0.3) is 0 Å². The van der Waals surface area contributed by atoms with Crippen LogP contribution in [-0.4, -0.2) is 11.9 Å². The summed E-state index contributed by atoms with van der Waals surface area (Å²) in [6, 6.07) is 7.81. The summed E-state index contributed by atoms with van der Waals surface area (Å²) in [5.41, 5.74) is 0.682. The Kier molecular flexibility index (Phi) is 4.70. The minimum Gasteiger partial charge on any atom is -0.349 e. The van der Waals surface area contributed by atoms with Crippen LogP contribution in [-0.2, 0) is 0 Å². The number of thiol groups is 1. The monoisotopic (exact) mass is 263 g/mol. The highest BCUT2D eigenvalue weighted by atomic mass is 32.1. The highest BCUT2D eigenvalue weighted by molar-refractivity contribution is 7.80. The third kappa shape index (κ3) is 3.08. The SMILES string of the molecule is CCC1CCCCC1NC(=O)c1ccccc1S. The lowest BCUT2D eigenvalue weighted by atomic mass is 9.83. The number of carbonyl (C=O) groups excluding carboxylic acids is 1. The molecule has 3 heteroatoms. The maximum absolute atomic E-state index is 12.2. The molecule has 2 nitrogen and oxygen atoms in total. The van der Waals surface area contributed by atoms with Gasteiger partial charge in [-0.15, -0.1) is 12.6 Å². The van der Waals surface area contributed by atoms with Gasteiger partial charge in [-0.3, -0.25) is 4.79 Å². The minimum absolute atomic E-state index is 0.0194. The fourth-order valence-corrected chi connectivity index (χ4v) is 3.06. The molecule has 1 aliphatic carbocycles. The number of nitrogens with one attached hydrogen (secondary N) is 1. The van der Waals surface area contributed by atoms with E-state index in [1.807, 2.05) is 24.3 Å². The number of rotatable bonds is 3. The van der Waals surface area contributed by atoms with Crippen LogP contribution in [0.15, 0.2) is 29.2 Å². The zero-order valence-corrected chi connectivity index (χ0v) is 11.7. The van der Waals surface area contributed by atoms with Crippen LogP contribution in [0.3, 0.4) is 0 Å². The third-order valence-electron chi connectivity index (χ3n) is 3.90. The van der Waals surface area contributed by atoms with Crippen molar-refractivity contribution in [3.63, 3.8) is 0 Å². The van der Waals surface area contributed by atoms with Crippen molar-refractivity contribution in [2.75, 3.05) is 0 Å². The van der Waals surface area contributed by atoms with Crippen LogP contribution in [0.2, 0.25) is 0 Å². The second kappa shape index (κ2) is 6.28. The van der Waals surface area contributed by atoms with Crippen LogP contribution in [0.5, 0.6) is 0 Å². The van der Waals surface area contributed by atoms with Crippen LogP contribution in [0.1, 0.15) is 49.4 Å². The Morgan fingerprint density at radius 1 is 1.33 bits per heavy atom. The molecule has 0 saturated heterocycles. The second-order valence-electron chi connectivity index (χ2n) is 5.05. The molecule has 0 spiro atoms. The first-order valence-corrected chi connectivity index (χ1v) is 7.26. The van der Waals surface area contributed by atoms with Gasteiger partial charge in [-0.25, -0.2) is 0 Å². The van der Waals surface area contributed by atoms with E-state index in [1.165, 1.54) is 19.3 Å². The molecule has 0 aliphatic heterocycles. The molecule has 0 heterocycles. The molecule has 2 rings (SSSR count). The Hall–Kier alpha value is -0.960. The van der Waals surface area contributed by atoms with Crippen molar-refractivity contribution in [2.45, 2.75) is 50.0 Å². The molecule has 2 unspecified atom stereocenters. The van der Waals surface area contributed by atoms with E-state index in [-0.39, 0.29) is 5.91 Å². The molecule has 2 atom stereocenters. The van der Waals surface area contributed by atoms with Crippen molar-refractivity contribution in [1.82, 2.24) is 5.32 Å². The van der Waals surface area contributed by atoms with Crippen molar-refractivity contribution in [3.8, 4) is 0 Å². The molecule has 1 amide bonds. The van der Waals surface area contributed by atoms with Crippen molar-refractivity contribution < 1.29 is 4.79 Å². The van der Waals surface area contributed by atoms with Crippen LogP contribution < -0.4 is 5.32 Å². The molecule has 1 fully saturated rings. The van der Waals surface area contributed by atoms with Gasteiger partial charge >= 0.3 is 0 Å². The van der Waals surface area contributed by atoms with E-state index in [0.29, 0.717) is 17.5 Å². The first-order valence-electron chi connectivity index (χ1n) is 6.81. The van der Waals surface area contributed by atoms with Crippen molar-refractivity contribution in [3.05, 3.63) is 29.8 Å². The summed E-state index contributed by atoms with van der Waals surface area (Å²) in [4.78, 5) is 13.0. The first-order chi connectivity index (χ1) is 8.72. The van der Waals surface area contributed by atoms with E-state index in [9.17, 15) is 4.79 Å². The topological polar surface area (TPSA) is 29.1 Å². The molecule has 0 radical (unpaired) electrons. The number of benzene rings is 1. The molecular formula is C15H21NOS. The van der Waals surface area contributed by atoms with Gasteiger partial charge < -0.3 is 5.32 Å². The summed E-state index contributed by atoms with van der Waals surface area (Å²) < 4.78 is 0. The molecule has 1 aliphatic rings. The largest absolute Gasteiger partial charge is 0.349 e. The Morgan fingerprint density at radius 2 is 2.06 bits per heavy atom. The predicted molar refractivity (Wildman–Crippen MR) is 77.2 cm³/mol.